The standard InChI is InChI=1S/C14H14BrNO2S/c1-3-18-14(17)13-12(19-4-2)7-9-5-6-10(15)8-11(9)16-13/h5-8H,3-4H2,1-2H3. The van der Waals surface area contributed by atoms with Gasteiger partial charge in [-0.05, 0) is 30.9 Å². The van der Waals surface area contributed by atoms with Crippen LogP contribution in [0.25, 0.3) is 10.9 Å². The van der Waals surface area contributed by atoms with Gasteiger partial charge >= 0.3 is 5.97 Å². The lowest BCUT2D eigenvalue weighted by Crippen LogP contribution is -2.09. The van der Waals surface area contributed by atoms with Gasteiger partial charge in [0.05, 0.1) is 12.1 Å². The van der Waals surface area contributed by atoms with E-state index in [0.29, 0.717) is 12.3 Å². The van der Waals surface area contributed by atoms with Gasteiger partial charge in [0, 0.05) is 14.8 Å². The van der Waals surface area contributed by atoms with Crippen molar-refractivity contribution in [3.8, 4) is 0 Å². The smallest absolute Gasteiger partial charge is 0.358 e. The normalized spacial score (nSPS) is 10.7. The first-order valence-corrected chi connectivity index (χ1v) is 7.83. The number of halogens is 1. The molecule has 2 aromatic rings. The zero-order chi connectivity index (χ0) is 13.8. The molecule has 0 N–H and O–H groups in total. The van der Waals surface area contributed by atoms with Crippen LogP contribution in [0, 0.1) is 0 Å². The lowest BCUT2D eigenvalue weighted by atomic mass is 10.2. The average Bonchev–Trinajstić information content (AvgIpc) is 2.39. The second-order valence-electron chi connectivity index (χ2n) is 3.83. The van der Waals surface area contributed by atoms with Crippen molar-refractivity contribution in [1.29, 1.82) is 0 Å². The monoisotopic (exact) mass is 339 g/mol. The molecule has 0 fully saturated rings. The fourth-order valence-corrected chi connectivity index (χ4v) is 2.87. The van der Waals surface area contributed by atoms with Crippen LogP contribution in [-0.2, 0) is 4.74 Å². The third-order valence-electron chi connectivity index (χ3n) is 2.51. The van der Waals surface area contributed by atoms with E-state index in [-0.39, 0.29) is 5.97 Å². The summed E-state index contributed by atoms with van der Waals surface area (Å²) in [6, 6.07) is 7.85. The van der Waals surface area contributed by atoms with E-state index in [1.165, 1.54) is 0 Å². The molecule has 3 nitrogen and oxygen atoms in total. The summed E-state index contributed by atoms with van der Waals surface area (Å²) in [5.74, 6) is 0.524. The molecule has 19 heavy (non-hydrogen) atoms. The van der Waals surface area contributed by atoms with Crippen molar-refractivity contribution in [2.24, 2.45) is 0 Å². The zero-order valence-electron chi connectivity index (χ0n) is 10.8. The summed E-state index contributed by atoms with van der Waals surface area (Å²) >= 11 is 5.01. The van der Waals surface area contributed by atoms with Crippen LogP contribution < -0.4 is 0 Å². The predicted octanol–water partition coefficient (Wildman–Crippen LogP) is 4.29. The minimum absolute atomic E-state index is 0.354. The van der Waals surface area contributed by atoms with Crippen LogP contribution in [0.5, 0.6) is 0 Å². The van der Waals surface area contributed by atoms with Crippen molar-refractivity contribution in [3.05, 3.63) is 34.4 Å². The Balaban J connectivity index is 2.57. The number of hydrogen-bond acceptors (Lipinski definition) is 4. The van der Waals surface area contributed by atoms with Crippen molar-refractivity contribution in [2.45, 2.75) is 18.7 Å². The van der Waals surface area contributed by atoms with Crippen LogP contribution in [0.1, 0.15) is 24.3 Å². The Hall–Kier alpha value is -1.07. The molecule has 0 atom stereocenters. The maximum Gasteiger partial charge on any atom is 0.358 e. The number of nitrogens with zero attached hydrogens (tertiary/aromatic N) is 1. The van der Waals surface area contributed by atoms with E-state index >= 15 is 0 Å². The quantitative estimate of drug-likeness (QED) is 0.615. The van der Waals surface area contributed by atoms with Gasteiger partial charge in [-0.3, -0.25) is 0 Å². The molecule has 0 spiro atoms. The summed E-state index contributed by atoms with van der Waals surface area (Å²) in [4.78, 5) is 17.3. The minimum Gasteiger partial charge on any atom is -0.461 e. The highest BCUT2D eigenvalue weighted by atomic mass is 79.9. The van der Waals surface area contributed by atoms with Gasteiger partial charge in [0.2, 0.25) is 0 Å². The summed E-state index contributed by atoms with van der Waals surface area (Å²) in [5, 5.41) is 1.02. The second-order valence-corrected chi connectivity index (χ2v) is 6.05. The van der Waals surface area contributed by atoms with Gasteiger partial charge in [0.1, 0.15) is 0 Å². The Kier molecular flexibility index (Phi) is 4.82. The first kappa shape index (κ1) is 14.3. The van der Waals surface area contributed by atoms with Crippen molar-refractivity contribution < 1.29 is 9.53 Å². The molecule has 0 unspecified atom stereocenters. The van der Waals surface area contributed by atoms with E-state index < -0.39 is 0 Å². The van der Waals surface area contributed by atoms with Crippen molar-refractivity contribution in [1.82, 2.24) is 4.98 Å². The van der Waals surface area contributed by atoms with Gasteiger partial charge in [0.25, 0.3) is 0 Å². The number of benzene rings is 1. The Bertz CT molecular complexity index is 616. The van der Waals surface area contributed by atoms with Gasteiger partial charge in [-0.2, -0.15) is 0 Å². The number of ether oxygens (including phenoxy) is 1. The lowest BCUT2D eigenvalue weighted by molar-refractivity contribution is 0.0515. The number of aromatic nitrogens is 1. The molecule has 0 saturated heterocycles. The third-order valence-corrected chi connectivity index (χ3v) is 3.92. The summed E-state index contributed by atoms with van der Waals surface area (Å²) in [5.41, 5.74) is 1.19. The van der Waals surface area contributed by atoms with Crippen LogP contribution in [0.2, 0.25) is 0 Å². The van der Waals surface area contributed by atoms with E-state index in [9.17, 15) is 4.79 Å². The lowest BCUT2D eigenvalue weighted by Gasteiger charge is -2.09. The van der Waals surface area contributed by atoms with E-state index in [1.807, 2.05) is 31.2 Å². The van der Waals surface area contributed by atoms with Gasteiger partial charge in [0.15, 0.2) is 5.69 Å². The van der Waals surface area contributed by atoms with Crippen molar-refractivity contribution in [3.63, 3.8) is 0 Å². The SMILES string of the molecule is CCOC(=O)c1nc2cc(Br)ccc2cc1SCC. The molecular formula is C14H14BrNO2S. The minimum atomic E-state index is -0.361. The maximum atomic E-state index is 12.0. The summed E-state index contributed by atoms with van der Waals surface area (Å²) < 4.78 is 6.01. The van der Waals surface area contributed by atoms with Gasteiger partial charge in [-0.15, -0.1) is 11.8 Å². The molecule has 0 saturated carbocycles. The fourth-order valence-electron chi connectivity index (χ4n) is 1.73. The molecule has 1 heterocycles. The van der Waals surface area contributed by atoms with Crippen LogP contribution >= 0.6 is 27.7 Å². The zero-order valence-corrected chi connectivity index (χ0v) is 13.2. The number of rotatable bonds is 4. The molecule has 2 rings (SSSR count). The number of hydrogen-bond donors (Lipinski definition) is 0. The Morgan fingerprint density at radius 2 is 2.16 bits per heavy atom. The average molecular weight is 340 g/mol. The number of esters is 1. The van der Waals surface area contributed by atoms with Crippen LogP contribution in [0.3, 0.4) is 0 Å². The van der Waals surface area contributed by atoms with E-state index in [4.69, 9.17) is 4.74 Å². The molecule has 0 aliphatic rings. The molecule has 1 aromatic heterocycles. The van der Waals surface area contributed by atoms with Crippen LogP contribution in [0.15, 0.2) is 33.6 Å². The molecule has 0 radical (unpaired) electrons. The Labute approximate surface area is 124 Å². The highest BCUT2D eigenvalue weighted by Gasteiger charge is 2.16. The predicted molar refractivity (Wildman–Crippen MR) is 81.8 cm³/mol. The Morgan fingerprint density at radius 3 is 2.84 bits per heavy atom. The summed E-state index contributed by atoms with van der Waals surface area (Å²) in [6.07, 6.45) is 0. The second kappa shape index (κ2) is 6.39. The topological polar surface area (TPSA) is 39.2 Å². The molecule has 5 heteroatoms. The number of carbonyl (C=O) groups excluding carboxylic acids is 1. The highest BCUT2D eigenvalue weighted by Crippen LogP contribution is 2.27. The first-order valence-electron chi connectivity index (χ1n) is 6.06. The summed E-state index contributed by atoms with van der Waals surface area (Å²) in [7, 11) is 0. The van der Waals surface area contributed by atoms with Crippen molar-refractivity contribution in [2.75, 3.05) is 12.4 Å². The fraction of sp³-hybridized carbons (Fsp3) is 0.286. The number of fused-ring (bicyclic) bond motifs is 1. The highest BCUT2D eigenvalue weighted by molar-refractivity contribution is 9.10. The van der Waals surface area contributed by atoms with Crippen LogP contribution in [0.4, 0.5) is 0 Å². The largest absolute Gasteiger partial charge is 0.461 e. The molecule has 0 amide bonds. The molecule has 1 aromatic carbocycles. The molecule has 100 valence electrons. The van der Waals surface area contributed by atoms with Gasteiger partial charge in [-0.25, -0.2) is 9.78 Å². The molecule has 0 aliphatic heterocycles. The Morgan fingerprint density at radius 1 is 1.37 bits per heavy atom. The molecule has 0 bridgehead atoms. The van der Waals surface area contributed by atoms with Gasteiger partial charge < -0.3 is 4.74 Å². The van der Waals surface area contributed by atoms with Gasteiger partial charge in [-0.1, -0.05) is 28.9 Å². The first-order chi connectivity index (χ1) is 9.15. The van der Waals surface area contributed by atoms with Crippen LogP contribution in [-0.4, -0.2) is 23.3 Å². The summed E-state index contributed by atoms with van der Waals surface area (Å²) in [6.45, 7) is 4.20. The maximum absolute atomic E-state index is 12.0. The number of carbonyl (C=O) groups is 1. The van der Waals surface area contributed by atoms with E-state index in [2.05, 4.69) is 20.9 Å². The molecule has 0 aliphatic carbocycles. The van der Waals surface area contributed by atoms with Crippen molar-refractivity contribution >= 4 is 44.6 Å². The molecular weight excluding hydrogens is 326 g/mol. The third kappa shape index (κ3) is 3.28. The number of thioether (sulfide) groups is 1. The van der Waals surface area contributed by atoms with E-state index in [1.54, 1.807) is 18.7 Å². The van der Waals surface area contributed by atoms with E-state index in [0.717, 1.165) is 26.0 Å². The number of pyridine rings is 1.